The number of amides is 1. The smallest absolute Gasteiger partial charge is 0.240 e. The first kappa shape index (κ1) is 17.6. The second kappa shape index (κ2) is 8.23. The highest BCUT2D eigenvalue weighted by Gasteiger charge is 2.29. The van der Waals surface area contributed by atoms with E-state index in [1.54, 1.807) is 18.2 Å². The van der Waals surface area contributed by atoms with Crippen LogP contribution >= 0.6 is 0 Å². The molecule has 0 aliphatic carbocycles. The molecule has 3 rings (SSSR count). The fourth-order valence-corrected chi connectivity index (χ4v) is 2.94. The Morgan fingerprint density at radius 2 is 2.00 bits per heavy atom. The molecule has 132 valence electrons. The fourth-order valence-electron chi connectivity index (χ4n) is 2.94. The lowest BCUT2D eigenvalue weighted by molar-refractivity contribution is -0.133. The third-order valence-corrected chi connectivity index (χ3v) is 4.46. The molecule has 5 heteroatoms. The van der Waals surface area contributed by atoms with Gasteiger partial charge in [-0.3, -0.25) is 9.69 Å². The van der Waals surface area contributed by atoms with E-state index in [0.29, 0.717) is 31.9 Å². The lowest BCUT2D eigenvalue weighted by atomic mass is 10.1. The molecule has 0 spiro atoms. The summed E-state index contributed by atoms with van der Waals surface area (Å²) in [6.07, 6.45) is 0. The van der Waals surface area contributed by atoms with E-state index in [2.05, 4.69) is 41.4 Å². The van der Waals surface area contributed by atoms with Gasteiger partial charge in [0.05, 0.1) is 13.2 Å². The molecule has 1 amide bonds. The molecule has 2 aromatic carbocycles. The van der Waals surface area contributed by atoms with Crippen LogP contribution in [0.4, 0.5) is 4.39 Å². The number of hydrogen-bond acceptors (Lipinski definition) is 3. The fraction of sp³-hybridized carbons (Fsp3) is 0.350. The van der Waals surface area contributed by atoms with E-state index in [1.807, 2.05) is 0 Å². The van der Waals surface area contributed by atoms with Crippen molar-refractivity contribution < 1.29 is 13.9 Å². The van der Waals surface area contributed by atoms with Crippen LogP contribution in [0.25, 0.3) is 0 Å². The maximum atomic E-state index is 13.7. The molecule has 0 bridgehead atoms. The van der Waals surface area contributed by atoms with Crippen molar-refractivity contribution in [1.29, 1.82) is 0 Å². The molecule has 2 aromatic rings. The Morgan fingerprint density at radius 1 is 1.24 bits per heavy atom. The number of benzene rings is 2. The maximum Gasteiger partial charge on any atom is 0.240 e. The van der Waals surface area contributed by atoms with Gasteiger partial charge in [0.15, 0.2) is 0 Å². The molecule has 1 aliphatic rings. The summed E-state index contributed by atoms with van der Waals surface area (Å²) in [5.41, 5.74) is 2.86. The summed E-state index contributed by atoms with van der Waals surface area (Å²) >= 11 is 0. The highest BCUT2D eigenvalue weighted by Crippen LogP contribution is 2.14. The van der Waals surface area contributed by atoms with E-state index in [4.69, 9.17) is 4.74 Å². The summed E-state index contributed by atoms with van der Waals surface area (Å²) in [7, 11) is 0. The zero-order valence-electron chi connectivity index (χ0n) is 14.4. The Balaban J connectivity index is 1.62. The van der Waals surface area contributed by atoms with Crippen LogP contribution in [-0.4, -0.2) is 36.6 Å². The Labute approximate surface area is 147 Å². The van der Waals surface area contributed by atoms with Crippen LogP contribution in [-0.2, 0) is 22.6 Å². The second-order valence-corrected chi connectivity index (χ2v) is 6.36. The summed E-state index contributed by atoms with van der Waals surface area (Å²) in [5.74, 6) is -0.436. The monoisotopic (exact) mass is 342 g/mol. The highest BCUT2D eigenvalue weighted by molar-refractivity contribution is 5.82. The van der Waals surface area contributed by atoms with Gasteiger partial charge in [-0.2, -0.15) is 0 Å². The number of aryl methyl sites for hydroxylation is 1. The van der Waals surface area contributed by atoms with Crippen LogP contribution in [0.1, 0.15) is 16.7 Å². The SMILES string of the molecule is Cc1ccc(CN2CCOC[C@@H]2C(=O)NCc2ccccc2F)cc1. The number of carbonyl (C=O) groups is 1. The van der Waals surface area contributed by atoms with Crippen molar-refractivity contribution in [2.75, 3.05) is 19.8 Å². The Hall–Kier alpha value is -2.24. The van der Waals surface area contributed by atoms with Crippen molar-refractivity contribution in [1.82, 2.24) is 10.2 Å². The molecule has 1 fully saturated rings. The van der Waals surface area contributed by atoms with Gasteiger partial charge >= 0.3 is 0 Å². The number of ether oxygens (including phenoxy) is 1. The zero-order chi connectivity index (χ0) is 17.6. The van der Waals surface area contributed by atoms with Crippen molar-refractivity contribution in [3.05, 3.63) is 71.0 Å². The van der Waals surface area contributed by atoms with Crippen LogP contribution in [0, 0.1) is 12.7 Å². The standard InChI is InChI=1S/C20H23FN2O2/c1-15-6-8-16(9-7-15)13-23-10-11-25-14-19(23)20(24)22-12-17-4-2-3-5-18(17)21/h2-9,19H,10-14H2,1H3,(H,22,24)/t19-/m1/s1. The molecule has 1 N–H and O–H groups in total. The molecule has 0 radical (unpaired) electrons. The van der Waals surface area contributed by atoms with Crippen LogP contribution in [0.2, 0.25) is 0 Å². The number of nitrogens with zero attached hydrogens (tertiary/aromatic N) is 1. The van der Waals surface area contributed by atoms with Gasteiger partial charge < -0.3 is 10.1 Å². The molecule has 0 saturated carbocycles. The summed E-state index contributed by atoms with van der Waals surface area (Å²) in [6, 6.07) is 14.4. The molecular weight excluding hydrogens is 319 g/mol. The molecule has 1 saturated heterocycles. The summed E-state index contributed by atoms with van der Waals surface area (Å²) in [6.45, 7) is 4.60. The normalized spacial score (nSPS) is 18.1. The number of morpholine rings is 1. The summed E-state index contributed by atoms with van der Waals surface area (Å²) in [4.78, 5) is 14.7. The van der Waals surface area contributed by atoms with Gasteiger partial charge in [0.25, 0.3) is 0 Å². The second-order valence-electron chi connectivity index (χ2n) is 6.36. The van der Waals surface area contributed by atoms with E-state index in [0.717, 1.165) is 0 Å². The number of carbonyl (C=O) groups excluding carboxylic acids is 1. The lowest BCUT2D eigenvalue weighted by Crippen LogP contribution is -2.53. The highest BCUT2D eigenvalue weighted by atomic mass is 19.1. The summed E-state index contributed by atoms with van der Waals surface area (Å²) in [5, 5.41) is 2.83. The van der Waals surface area contributed by atoms with Crippen molar-refractivity contribution in [3.63, 3.8) is 0 Å². The number of nitrogens with one attached hydrogen (secondary N) is 1. The van der Waals surface area contributed by atoms with Crippen molar-refractivity contribution >= 4 is 5.91 Å². The van der Waals surface area contributed by atoms with Gasteiger partial charge in [0.1, 0.15) is 11.9 Å². The number of rotatable bonds is 5. The average molecular weight is 342 g/mol. The van der Waals surface area contributed by atoms with Crippen LogP contribution in [0.5, 0.6) is 0 Å². The molecule has 0 aromatic heterocycles. The van der Waals surface area contributed by atoms with Gasteiger partial charge in [-0.1, -0.05) is 48.0 Å². The molecule has 1 heterocycles. The minimum absolute atomic E-state index is 0.130. The van der Waals surface area contributed by atoms with E-state index in [1.165, 1.54) is 17.2 Å². The first-order valence-corrected chi connectivity index (χ1v) is 8.52. The molecule has 1 aliphatic heterocycles. The van der Waals surface area contributed by atoms with E-state index in [9.17, 15) is 9.18 Å². The van der Waals surface area contributed by atoms with Crippen molar-refractivity contribution in [2.45, 2.75) is 26.1 Å². The molecule has 25 heavy (non-hydrogen) atoms. The van der Waals surface area contributed by atoms with Gasteiger partial charge in [-0.15, -0.1) is 0 Å². The maximum absolute atomic E-state index is 13.7. The third-order valence-electron chi connectivity index (χ3n) is 4.46. The lowest BCUT2D eigenvalue weighted by Gasteiger charge is -2.34. The van der Waals surface area contributed by atoms with Gasteiger partial charge in [0.2, 0.25) is 5.91 Å². The Morgan fingerprint density at radius 3 is 2.76 bits per heavy atom. The van der Waals surface area contributed by atoms with Crippen LogP contribution < -0.4 is 5.32 Å². The predicted octanol–water partition coefficient (Wildman–Crippen LogP) is 2.65. The van der Waals surface area contributed by atoms with Crippen LogP contribution in [0.15, 0.2) is 48.5 Å². The first-order chi connectivity index (χ1) is 12.1. The number of halogens is 1. The summed E-state index contributed by atoms with van der Waals surface area (Å²) < 4.78 is 19.2. The van der Waals surface area contributed by atoms with E-state index in [-0.39, 0.29) is 24.3 Å². The van der Waals surface area contributed by atoms with Crippen molar-refractivity contribution in [3.8, 4) is 0 Å². The molecule has 1 atom stereocenters. The minimum atomic E-state index is -0.359. The van der Waals surface area contributed by atoms with E-state index >= 15 is 0 Å². The topological polar surface area (TPSA) is 41.6 Å². The Bertz CT molecular complexity index is 718. The quantitative estimate of drug-likeness (QED) is 0.908. The van der Waals surface area contributed by atoms with Gasteiger partial charge in [0, 0.05) is 25.2 Å². The van der Waals surface area contributed by atoms with Gasteiger partial charge in [-0.25, -0.2) is 4.39 Å². The molecular formula is C20H23FN2O2. The van der Waals surface area contributed by atoms with Crippen LogP contribution in [0.3, 0.4) is 0 Å². The van der Waals surface area contributed by atoms with Gasteiger partial charge in [-0.05, 0) is 18.6 Å². The Kier molecular flexibility index (Phi) is 5.79. The largest absolute Gasteiger partial charge is 0.378 e. The first-order valence-electron chi connectivity index (χ1n) is 8.52. The zero-order valence-corrected chi connectivity index (χ0v) is 14.4. The average Bonchev–Trinajstić information content (AvgIpc) is 2.63. The van der Waals surface area contributed by atoms with E-state index < -0.39 is 0 Å². The minimum Gasteiger partial charge on any atom is -0.378 e. The molecule has 4 nitrogen and oxygen atoms in total. The molecule has 0 unspecified atom stereocenters. The predicted molar refractivity (Wildman–Crippen MR) is 94.4 cm³/mol. The number of hydrogen-bond donors (Lipinski definition) is 1. The van der Waals surface area contributed by atoms with Crippen molar-refractivity contribution in [2.24, 2.45) is 0 Å². The third kappa shape index (κ3) is 4.65.